The topological polar surface area (TPSA) is 82.3 Å². The monoisotopic (exact) mass is 396 g/mol. The molecule has 0 aliphatic heterocycles. The van der Waals surface area contributed by atoms with Crippen LogP contribution >= 0.6 is 0 Å². The average molecular weight is 397 g/mol. The molecule has 1 rings (SSSR count). The maximum Gasteiger partial charge on any atom is 0.315 e. The summed E-state index contributed by atoms with van der Waals surface area (Å²) >= 11 is 0. The van der Waals surface area contributed by atoms with Crippen LogP contribution in [0.5, 0.6) is 0 Å². The Kier molecular flexibility index (Phi) is 12.8. The molecule has 1 fully saturated rings. The highest BCUT2D eigenvalue weighted by Gasteiger charge is 2.28. The third-order valence-corrected chi connectivity index (χ3v) is 5.87. The minimum atomic E-state index is -0.101. The summed E-state index contributed by atoms with van der Waals surface area (Å²) in [6, 6.07) is 0.245. The van der Waals surface area contributed by atoms with E-state index in [1.165, 1.54) is 0 Å². The highest BCUT2D eigenvalue weighted by atomic mass is 16.2. The Morgan fingerprint density at radius 1 is 0.750 bits per heavy atom. The van der Waals surface area contributed by atoms with E-state index in [4.69, 9.17) is 0 Å². The van der Waals surface area contributed by atoms with E-state index in [0.717, 1.165) is 77.0 Å². The van der Waals surface area contributed by atoms with Crippen molar-refractivity contribution in [3.8, 4) is 0 Å². The minimum absolute atomic E-state index is 0.00102. The first-order valence-corrected chi connectivity index (χ1v) is 11.7. The molecule has 1 saturated carbocycles. The van der Waals surface area contributed by atoms with E-state index in [9.17, 15) is 9.59 Å². The van der Waals surface area contributed by atoms with Crippen LogP contribution in [0.2, 0.25) is 0 Å². The predicted octanol–water partition coefficient (Wildman–Crippen LogP) is 4.83. The second kappa shape index (κ2) is 14.5. The van der Waals surface area contributed by atoms with Crippen LogP contribution in [0.15, 0.2) is 0 Å². The highest BCUT2D eigenvalue weighted by molar-refractivity contribution is 5.76. The Bertz CT molecular complexity index is 404. The third-order valence-electron chi connectivity index (χ3n) is 5.87. The molecule has 0 bridgehead atoms. The number of urea groups is 2. The summed E-state index contributed by atoms with van der Waals surface area (Å²) in [5, 5.41) is 12.5. The summed E-state index contributed by atoms with van der Waals surface area (Å²) < 4.78 is 0. The van der Waals surface area contributed by atoms with Crippen molar-refractivity contribution >= 4 is 12.1 Å². The second-order valence-electron chi connectivity index (χ2n) is 8.23. The van der Waals surface area contributed by atoms with Crippen LogP contribution in [0.1, 0.15) is 105 Å². The maximum atomic E-state index is 12.5. The molecule has 3 unspecified atom stereocenters. The fraction of sp³-hybridized carbons (Fsp3) is 0.909. The number of hydrogen-bond acceptors (Lipinski definition) is 2. The molecule has 0 heterocycles. The highest BCUT2D eigenvalue weighted by Crippen LogP contribution is 2.19. The van der Waals surface area contributed by atoms with Crippen molar-refractivity contribution in [2.24, 2.45) is 0 Å². The van der Waals surface area contributed by atoms with Gasteiger partial charge in [-0.1, -0.05) is 66.2 Å². The van der Waals surface area contributed by atoms with Gasteiger partial charge in [-0.15, -0.1) is 0 Å². The van der Waals surface area contributed by atoms with Gasteiger partial charge < -0.3 is 21.3 Å². The lowest BCUT2D eigenvalue weighted by atomic mass is 9.90. The standard InChI is InChI=1S/C22H44N4O2/c1-5-9-13-17(7-3)23-21(27)25-19-15-11-12-16-20(19)26-22(28)24-18(8-4)14-10-6-2/h17-20H,5-16H2,1-4H3,(H2,23,25,27)(H2,24,26,28)/t17?,18?,19-,20?/m1/s1. The van der Waals surface area contributed by atoms with Crippen molar-refractivity contribution in [3.05, 3.63) is 0 Å². The van der Waals surface area contributed by atoms with Gasteiger partial charge in [0.1, 0.15) is 0 Å². The number of amides is 4. The van der Waals surface area contributed by atoms with Gasteiger partial charge >= 0.3 is 12.1 Å². The van der Waals surface area contributed by atoms with Crippen molar-refractivity contribution in [1.82, 2.24) is 21.3 Å². The Morgan fingerprint density at radius 2 is 1.14 bits per heavy atom. The third kappa shape index (κ3) is 9.65. The number of carbonyl (C=O) groups is 2. The molecule has 28 heavy (non-hydrogen) atoms. The largest absolute Gasteiger partial charge is 0.335 e. The molecule has 6 heteroatoms. The zero-order chi connectivity index (χ0) is 20.8. The van der Waals surface area contributed by atoms with Gasteiger partial charge in [-0.2, -0.15) is 0 Å². The van der Waals surface area contributed by atoms with Crippen LogP contribution < -0.4 is 21.3 Å². The molecule has 1 aliphatic carbocycles. The van der Waals surface area contributed by atoms with Crippen molar-refractivity contribution in [2.75, 3.05) is 0 Å². The fourth-order valence-electron chi connectivity index (χ4n) is 3.93. The van der Waals surface area contributed by atoms with Gasteiger partial charge in [0.2, 0.25) is 0 Å². The molecular weight excluding hydrogens is 352 g/mol. The first-order valence-electron chi connectivity index (χ1n) is 11.7. The van der Waals surface area contributed by atoms with Gasteiger partial charge in [-0.05, 0) is 38.5 Å². The van der Waals surface area contributed by atoms with Gasteiger partial charge in [0.15, 0.2) is 0 Å². The Morgan fingerprint density at radius 3 is 1.46 bits per heavy atom. The van der Waals surface area contributed by atoms with Crippen molar-refractivity contribution in [3.63, 3.8) is 0 Å². The van der Waals surface area contributed by atoms with E-state index in [2.05, 4.69) is 49.0 Å². The number of nitrogens with one attached hydrogen (secondary N) is 4. The molecule has 0 saturated heterocycles. The maximum absolute atomic E-state index is 12.5. The lowest BCUT2D eigenvalue weighted by Crippen LogP contribution is -2.58. The van der Waals surface area contributed by atoms with E-state index in [0.29, 0.717) is 0 Å². The lowest BCUT2D eigenvalue weighted by molar-refractivity contribution is 0.208. The van der Waals surface area contributed by atoms with Crippen molar-refractivity contribution in [1.29, 1.82) is 0 Å². The summed E-state index contributed by atoms with van der Waals surface area (Å²) in [7, 11) is 0. The first kappa shape index (κ1) is 24.6. The zero-order valence-corrected chi connectivity index (χ0v) is 18.6. The molecule has 164 valence electrons. The minimum Gasteiger partial charge on any atom is -0.335 e. The summed E-state index contributed by atoms with van der Waals surface area (Å²) in [5.74, 6) is 0. The number of unbranched alkanes of at least 4 members (excludes halogenated alkanes) is 2. The van der Waals surface area contributed by atoms with Crippen molar-refractivity contribution < 1.29 is 9.59 Å². The van der Waals surface area contributed by atoms with Crippen LogP contribution in [0.4, 0.5) is 9.59 Å². The number of carbonyl (C=O) groups excluding carboxylic acids is 2. The molecule has 4 amide bonds. The molecule has 0 radical (unpaired) electrons. The Balaban J connectivity index is 2.51. The van der Waals surface area contributed by atoms with Gasteiger partial charge in [-0.25, -0.2) is 9.59 Å². The summed E-state index contributed by atoms with van der Waals surface area (Å²) in [4.78, 5) is 24.9. The van der Waals surface area contributed by atoms with Crippen LogP contribution in [0.25, 0.3) is 0 Å². The smallest absolute Gasteiger partial charge is 0.315 e. The summed E-state index contributed by atoms with van der Waals surface area (Å²) in [5.41, 5.74) is 0. The van der Waals surface area contributed by atoms with Crippen molar-refractivity contribution in [2.45, 2.75) is 129 Å². The van der Waals surface area contributed by atoms with Crippen LogP contribution in [-0.2, 0) is 0 Å². The van der Waals surface area contributed by atoms with Crippen LogP contribution in [0.3, 0.4) is 0 Å². The quantitative estimate of drug-likeness (QED) is 0.381. The lowest BCUT2D eigenvalue weighted by Gasteiger charge is -2.33. The Hall–Kier alpha value is -1.46. The van der Waals surface area contributed by atoms with E-state index >= 15 is 0 Å². The van der Waals surface area contributed by atoms with Gasteiger partial charge in [0.05, 0.1) is 12.1 Å². The van der Waals surface area contributed by atoms with E-state index < -0.39 is 0 Å². The molecule has 0 aromatic rings. The fourth-order valence-corrected chi connectivity index (χ4v) is 3.93. The molecule has 1 aliphatic rings. The number of hydrogen-bond donors (Lipinski definition) is 4. The molecule has 0 spiro atoms. The van der Waals surface area contributed by atoms with Gasteiger partial charge in [0.25, 0.3) is 0 Å². The molecule has 6 nitrogen and oxygen atoms in total. The van der Waals surface area contributed by atoms with E-state index in [1.54, 1.807) is 0 Å². The summed E-state index contributed by atoms with van der Waals surface area (Å²) in [6.07, 6.45) is 12.5. The predicted molar refractivity (Wildman–Crippen MR) is 117 cm³/mol. The average Bonchev–Trinajstić information content (AvgIpc) is 2.69. The number of rotatable bonds is 12. The zero-order valence-electron chi connectivity index (χ0n) is 18.6. The van der Waals surface area contributed by atoms with Gasteiger partial charge in [-0.3, -0.25) is 0 Å². The van der Waals surface area contributed by atoms with Crippen LogP contribution in [-0.4, -0.2) is 36.2 Å². The summed E-state index contributed by atoms with van der Waals surface area (Å²) in [6.45, 7) is 8.56. The molecule has 4 N–H and O–H groups in total. The molecular formula is C22H44N4O2. The van der Waals surface area contributed by atoms with Gasteiger partial charge in [0, 0.05) is 12.1 Å². The molecule has 0 aromatic heterocycles. The molecule has 4 atom stereocenters. The van der Waals surface area contributed by atoms with E-state index in [-0.39, 0.29) is 36.2 Å². The van der Waals surface area contributed by atoms with Crippen LogP contribution in [0, 0.1) is 0 Å². The van der Waals surface area contributed by atoms with E-state index in [1.807, 2.05) is 0 Å². The first-order chi connectivity index (χ1) is 13.5. The normalized spacial score (nSPS) is 21.4. The molecule has 0 aromatic carbocycles. The second-order valence-corrected chi connectivity index (χ2v) is 8.23. The Labute approximate surface area is 172 Å². The SMILES string of the molecule is CCCCC(CC)NC(=O)NC1CCCC[C@H]1NC(=O)NC(CC)CCCC.